The van der Waals surface area contributed by atoms with Gasteiger partial charge in [-0.25, -0.2) is 0 Å². The largest absolute Gasteiger partial charge is 0.320 e. The molecule has 0 spiro atoms. The summed E-state index contributed by atoms with van der Waals surface area (Å²) in [5, 5.41) is 0. The Morgan fingerprint density at radius 3 is 2.40 bits per heavy atom. The molecular formula is C11H18N2O2. The van der Waals surface area contributed by atoms with Crippen molar-refractivity contribution in [1.29, 1.82) is 0 Å². The summed E-state index contributed by atoms with van der Waals surface area (Å²) in [5.41, 5.74) is 5.69. The van der Waals surface area contributed by atoms with E-state index in [1.165, 1.54) is 11.3 Å². The van der Waals surface area contributed by atoms with E-state index < -0.39 is 6.04 Å². The quantitative estimate of drug-likeness (QED) is 0.651. The van der Waals surface area contributed by atoms with Gasteiger partial charge < -0.3 is 5.73 Å². The standard InChI is InChI=1S/C11H18N2O2/c12-9-6-7-10(14)13(11(9)15)8-4-2-1-3-5-8/h8-9H,1-7,12H2/t9-/m0/s1. The normalized spacial score (nSPS) is 29.7. The van der Waals surface area contributed by atoms with Gasteiger partial charge in [0.2, 0.25) is 11.8 Å². The summed E-state index contributed by atoms with van der Waals surface area (Å²) >= 11 is 0. The topological polar surface area (TPSA) is 63.4 Å². The fourth-order valence-corrected chi connectivity index (χ4v) is 2.55. The fourth-order valence-electron chi connectivity index (χ4n) is 2.55. The van der Waals surface area contributed by atoms with Gasteiger partial charge in [0, 0.05) is 12.5 Å². The molecule has 0 aromatic rings. The minimum absolute atomic E-state index is 0.0198. The van der Waals surface area contributed by atoms with Crippen LogP contribution in [0, 0.1) is 0 Å². The third-order valence-corrected chi connectivity index (χ3v) is 3.43. The first-order valence-corrected chi connectivity index (χ1v) is 5.81. The molecule has 0 bridgehead atoms. The number of nitrogens with two attached hydrogens (primary N) is 1. The van der Waals surface area contributed by atoms with Crippen molar-refractivity contribution in [3.8, 4) is 0 Å². The molecule has 0 aromatic carbocycles. The van der Waals surface area contributed by atoms with E-state index in [-0.39, 0.29) is 17.9 Å². The van der Waals surface area contributed by atoms with Crippen LogP contribution in [0.3, 0.4) is 0 Å². The van der Waals surface area contributed by atoms with Gasteiger partial charge >= 0.3 is 0 Å². The van der Waals surface area contributed by atoms with Gasteiger partial charge in [-0.2, -0.15) is 0 Å². The highest BCUT2D eigenvalue weighted by Crippen LogP contribution is 2.26. The summed E-state index contributed by atoms with van der Waals surface area (Å²) in [4.78, 5) is 25.0. The van der Waals surface area contributed by atoms with E-state index in [9.17, 15) is 9.59 Å². The smallest absolute Gasteiger partial charge is 0.246 e. The maximum atomic E-state index is 11.8. The van der Waals surface area contributed by atoms with E-state index in [1.54, 1.807) is 0 Å². The van der Waals surface area contributed by atoms with Crippen molar-refractivity contribution in [2.75, 3.05) is 0 Å². The molecule has 2 fully saturated rings. The van der Waals surface area contributed by atoms with Crippen LogP contribution in [0.25, 0.3) is 0 Å². The van der Waals surface area contributed by atoms with Gasteiger partial charge in [0.05, 0.1) is 6.04 Å². The number of amides is 2. The molecule has 2 rings (SSSR count). The molecule has 2 amide bonds. The van der Waals surface area contributed by atoms with Gasteiger partial charge in [0.15, 0.2) is 0 Å². The summed E-state index contributed by atoms with van der Waals surface area (Å²) < 4.78 is 0. The zero-order valence-corrected chi connectivity index (χ0v) is 8.95. The second kappa shape index (κ2) is 4.31. The molecule has 1 saturated heterocycles. The monoisotopic (exact) mass is 210 g/mol. The van der Waals surface area contributed by atoms with Crippen LogP contribution in [0.4, 0.5) is 0 Å². The van der Waals surface area contributed by atoms with Crippen molar-refractivity contribution < 1.29 is 9.59 Å². The number of carbonyl (C=O) groups excluding carboxylic acids is 2. The number of piperidine rings is 1. The van der Waals surface area contributed by atoms with Crippen LogP contribution in [0.2, 0.25) is 0 Å². The number of hydrogen-bond donors (Lipinski definition) is 1. The van der Waals surface area contributed by atoms with Crippen molar-refractivity contribution in [2.24, 2.45) is 5.73 Å². The Balaban J connectivity index is 2.09. The van der Waals surface area contributed by atoms with Crippen LogP contribution in [0.15, 0.2) is 0 Å². The van der Waals surface area contributed by atoms with E-state index in [0.29, 0.717) is 12.8 Å². The summed E-state index contributed by atoms with van der Waals surface area (Å²) in [5.74, 6) is -0.174. The van der Waals surface area contributed by atoms with Crippen molar-refractivity contribution in [3.63, 3.8) is 0 Å². The first-order valence-electron chi connectivity index (χ1n) is 5.81. The summed E-state index contributed by atoms with van der Waals surface area (Å²) in [6.07, 6.45) is 6.34. The lowest BCUT2D eigenvalue weighted by Gasteiger charge is -2.37. The first-order chi connectivity index (χ1) is 7.20. The summed E-state index contributed by atoms with van der Waals surface area (Å²) in [6, 6.07) is -0.324. The molecular weight excluding hydrogens is 192 g/mol. The number of nitrogens with zero attached hydrogens (tertiary/aromatic N) is 1. The van der Waals surface area contributed by atoms with E-state index >= 15 is 0 Å². The molecule has 4 nitrogen and oxygen atoms in total. The molecule has 1 atom stereocenters. The SMILES string of the molecule is N[C@H]1CCC(=O)N(C2CCCCC2)C1=O. The molecule has 1 saturated carbocycles. The minimum Gasteiger partial charge on any atom is -0.320 e. The predicted molar refractivity (Wildman–Crippen MR) is 55.9 cm³/mol. The van der Waals surface area contributed by atoms with Gasteiger partial charge in [0.25, 0.3) is 0 Å². The second-order valence-corrected chi connectivity index (χ2v) is 4.54. The Labute approximate surface area is 89.8 Å². The fraction of sp³-hybridized carbons (Fsp3) is 0.818. The number of imide groups is 1. The molecule has 0 radical (unpaired) electrons. The van der Waals surface area contributed by atoms with Crippen LogP contribution in [0.1, 0.15) is 44.9 Å². The van der Waals surface area contributed by atoms with Gasteiger partial charge in [-0.1, -0.05) is 19.3 Å². The lowest BCUT2D eigenvalue weighted by atomic mass is 9.91. The first kappa shape index (κ1) is 10.6. The van der Waals surface area contributed by atoms with Crippen LogP contribution in [-0.2, 0) is 9.59 Å². The highest BCUT2D eigenvalue weighted by atomic mass is 16.2. The van der Waals surface area contributed by atoms with Crippen molar-refractivity contribution >= 4 is 11.8 Å². The molecule has 15 heavy (non-hydrogen) atoms. The lowest BCUT2D eigenvalue weighted by molar-refractivity contribution is -0.152. The van der Waals surface area contributed by atoms with Crippen LogP contribution < -0.4 is 5.73 Å². The molecule has 1 aliphatic heterocycles. The summed E-state index contributed by atoms with van der Waals surface area (Å²) in [6.45, 7) is 0. The average Bonchev–Trinajstić information content (AvgIpc) is 2.26. The highest BCUT2D eigenvalue weighted by Gasteiger charge is 2.36. The van der Waals surface area contributed by atoms with Crippen LogP contribution in [0.5, 0.6) is 0 Å². The van der Waals surface area contributed by atoms with E-state index in [4.69, 9.17) is 5.73 Å². The third kappa shape index (κ3) is 2.04. The predicted octanol–water partition coefficient (Wildman–Crippen LogP) is 0.795. The highest BCUT2D eigenvalue weighted by molar-refractivity contribution is 6.00. The number of rotatable bonds is 1. The van der Waals surface area contributed by atoms with E-state index in [2.05, 4.69) is 0 Å². The summed E-state index contributed by atoms with van der Waals surface area (Å²) in [7, 11) is 0. The molecule has 0 unspecified atom stereocenters. The Morgan fingerprint density at radius 1 is 1.07 bits per heavy atom. The minimum atomic E-state index is -0.454. The maximum absolute atomic E-state index is 11.8. The molecule has 84 valence electrons. The lowest BCUT2D eigenvalue weighted by Crippen LogP contribution is -2.55. The number of likely N-dealkylation sites (tertiary alicyclic amines) is 1. The Morgan fingerprint density at radius 2 is 1.73 bits per heavy atom. The molecule has 1 aliphatic carbocycles. The second-order valence-electron chi connectivity index (χ2n) is 4.54. The third-order valence-electron chi connectivity index (χ3n) is 3.43. The van der Waals surface area contributed by atoms with E-state index in [0.717, 1.165) is 25.7 Å². The van der Waals surface area contributed by atoms with Gasteiger partial charge in [-0.05, 0) is 19.3 Å². The Kier molecular flexibility index (Phi) is 3.05. The zero-order valence-electron chi connectivity index (χ0n) is 8.95. The van der Waals surface area contributed by atoms with Crippen molar-refractivity contribution in [3.05, 3.63) is 0 Å². The van der Waals surface area contributed by atoms with Crippen LogP contribution in [-0.4, -0.2) is 28.8 Å². The Hall–Kier alpha value is -0.900. The zero-order chi connectivity index (χ0) is 10.8. The molecule has 2 N–H and O–H groups in total. The number of carbonyl (C=O) groups is 2. The molecule has 2 aliphatic rings. The van der Waals surface area contributed by atoms with Gasteiger partial charge in [-0.3, -0.25) is 14.5 Å². The van der Waals surface area contributed by atoms with Crippen LogP contribution >= 0.6 is 0 Å². The number of hydrogen-bond acceptors (Lipinski definition) is 3. The Bertz CT molecular complexity index is 272. The van der Waals surface area contributed by atoms with Gasteiger partial charge in [-0.15, -0.1) is 0 Å². The van der Waals surface area contributed by atoms with Gasteiger partial charge in [0.1, 0.15) is 0 Å². The maximum Gasteiger partial charge on any atom is 0.246 e. The molecule has 1 heterocycles. The molecule has 4 heteroatoms. The van der Waals surface area contributed by atoms with E-state index in [1.807, 2.05) is 0 Å². The average molecular weight is 210 g/mol. The van der Waals surface area contributed by atoms with Crippen molar-refractivity contribution in [2.45, 2.75) is 57.0 Å². The van der Waals surface area contributed by atoms with Crippen molar-refractivity contribution in [1.82, 2.24) is 4.90 Å². The molecule has 0 aromatic heterocycles.